The summed E-state index contributed by atoms with van der Waals surface area (Å²) in [5.74, 6) is 1.66. The second-order valence-electron chi connectivity index (χ2n) is 7.53. The lowest BCUT2D eigenvalue weighted by Gasteiger charge is -2.20. The van der Waals surface area contributed by atoms with Crippen LogP contribution in [0.2, 0.25) is 0 Å². The molecule has 0 fully saturated rings. The molecule has 0 bridgehead atoms. The van der Waals surface area contributed by atoms with Gasteiger partial charge in [-0.25, -0.2) is 9.97 Å². The van der Waals surface area contributed by atoms with Crippen molar-refractivity contribution >= 4 is 21.7 Å². The largest absolute Gasteiger partial charge is 0.496 e. The molecule has 1 heterocycles. The number of hydrogen-bond acceptors (Lipinski definition) is 3. The summed E-state index contributed by atoms with van der Waals surface area (Å²) in [4.78, 5) is 9.83. The lowest BCUT2D eigenvalue weighted by atomic mass is 9.93. The third kappa shape index (κ3) is 2.70. The Bertz CT molecular complexity index is 1110. The van der Waals surface area contributed by atoms with Gasteiger partial charge in [0.05, 0.1) is 23.9 Å². The van der Waals surface area contributed by atoms with Crippen LogP contribution in [-0.4, -0.2) is 17.1 Å². The predicted molar refractivity (Wildman–Crippen MR) is 108 cm³/mol. The molecule has 0 amide bonds. The number of hydrogen-bond donors (Lipinski definition) is 0. The highest BCUT2D eigenvalue weighted by molar-refractivity contribution is 6.05. The highest BCUT2D eigenvalue weighted by Gasteiger charge is 2.22. The summed E-state index contributed by atoms with van der Waals surface area (Å²) in [7, 11) is 1.71. The maximum absolute atomic E-state index is 5.72. The summed E-state index contributed by atoms with van der Waals surface area (Å²) in [6, 6.07) is 20.6. The number of nitrogens with zero attached hydrogens (tertiary/aromatic N) is 2. The van der Waals surface area contributed by atoms with Crippen LogP contribution in [0.5, 0.6) is 5.75 Å². The minimum Gasteiger partial charge on any atom is -0.496 e. The van der Waals surface area contributed by atoms with Crippen LogP contribution in [-0.2, 0) is 5.41 Å². The van der Waals surface area contributed by atoms with Gasteiger partial charge in [-0.1, -0.05) is 69.3 Å². The average Bonchev–Trinajstić information content (AvgIpc) is 2.65. The topological polar surface area (TPSA) is 35.0 Å². The van der Waals surface area contributed by atoms with Crippen molar-refractivity contribution < 1.29 is 4.74 Å². The molecule has 3 heteroatoms. The first-order valence-electron chi connectivity index (χ1n) is 8.82. The van der Waals surface area contributed by atoms with E-state index < -0.39 is 0 Å². The van der Waals surface area contributed by atoms with Crippen LogP contribution in [0.3, 0.4) is 0 Å². The minimum absolute atomic E-state index is 0.142. The van der Waals surface area contributed by atoms with Crippen molar-refractivity contribution in [1.82, 2.24) is 9.97 Å². The molecule has 0 unspecified atom stereocenters. The van der Waals surface area contributed by atoms with Gasteiger partial charge in [0.2, 0.25) is 0 Å². The summed E-state index contributed by atoms with van der Waals surface area (Å²) in [5, 5.41) is 3.34. The first-order chi connectivity index (χ1) is 12.5. The molecule has 130 valence electrons. The molecule has 0 aliphatic carbocycles. The van der Waals surface area contributed by atoms with Crippen molar-refractivity contribution in [2.45, 2.75) is 26.2 Å². The lowest BCUT2D eigenvalue weighted by molar-refractivity contribution is 0.417. The van der Waals surface area contributed by atoms with Gasteiger partial charge in [-0.15, -0.1) is 0 Å². The van der Waals surface area contributed by atoms with Gasteiger partial charge in [0.1, 0.15) is 11.6 Å². The Morgan fingerprint density at radius 2 is 1.46 bits per heavy atom. The Kier molecular flexibility index (Phi) is 3.87. The van der Waals surface area contributed by atoms with Crippen LogP contribution >= 0.6 is 0 Å². The van der Waals surface area contributed by atoms with Gasteiger partial charge in [-0.3, -0.25) is 0 Å². The molecular formula is C23H22N2O. The van der Waals surface area contributed by atoms with Crippen molar-refractivity contribution in [1.29, 1.82) is 0 Å². The SMILES string of the molecule is COc1ccc2ccccc2c1-c1nc(C(C)(C)C)nc2ccccc12. The normalized spacial score (nSPS) is 11.8. The highest BCUT2D eigenvalue weighted by atomic mass is 16.5. The summed E-state index contributed by atoms with van der Waals surface area (Å²) in [6.07, 6.45) is 0. The molecule has 0 aliphatic rings. The molecule has 0 saturated carbocycles. The van der Waals surface area contributed by atoms with E-state index in [0.29, 0.717) is 0 Å². The third-order valence-corrected chi connectivity index (χ3v) is 4.62. The zero-order valence-electron chi connectivity index (χ0n) is 15.6. The van der Waals surface area contributed by atoms with Crippen LogP contribution in [0.25, 0.3) is 32.9 Å². The molecular weight excluding hydrogens is 320 g/mol. The van der Waals surface area contributed by atoms with Gasteiger partial charge >= 0.3 is 0 Å². The summed E-state index contributed by atoms with van der Waals surface area (Å²) >= 11 is 0. The molecule has 26 heavy (non-hydrogen) atoms. The molecule has 0 N–H and O–H groups in total. The van der Waals surface area contributed by atoms with Crippen LogP contribution in [0.1, 0.15) is 26.6 Å². The van der Waals surface area contributed by atoms with Crippen molar-refractivity contribution in [2.24, 2.45) is 0 Å². The lowest BCUT2D eigenvalue weighted by Crippen LogP contribution is -2.16. The first kappa shape index (κ1) is 16.5. The van der Waals surface area contributed by atoms with Crippen LogP contribution in [0.15, 0.2) is 60.7 Å². The molecule has 0 atom stereocenters. The van der Waals surface area contributed by atoms with Crippen molar-refractivity contribution in [3.8, 4) is 17.0 Å². The fourth-order valence-electron chi connectivity index (χ4n) is 3.27. The molecule has 0 spiro atoms. The van der Waals surface area contributed by atoms with Gasteiger partial charge < -0.3 is 4.74 Å². The standard InChI is InChI=1S/C23H22N2O/c1-23(2,3)22-24-18-12-8-7-11-17(18)21(25-22)20-16-10-6-5-9-15(16)13-14-19(20)26-4/h5-14H,1-4H3. The number of benzene rings is 3. The first-order valence-corrected chi connectivity index (χ1v) is 8.82. The zero-order chi connectivity index (χ0) is 18.3. The maximum Gasteiger partial charge on any atom is 0.135 e. The Morgan fingerprint density at radius 3 is 2.19 bits per heavy atom. The quantitative estimate of drug-likeness (QED) is 0.465. The average molecular weight is 342 g/mol. The maximum atomic E-state index is 5.72. The summed E-state index contributed by atoms with van der Waals surface area (Å²) < 4.78 is 5.72. The van der Waals surface area contributed by atoms with E-state index in [0.717, 1.165) is 39.1 Å². The van der Waals surface area contributed by atoms with E-state index in [1.165, 1.54) is 5.39 Å². The van der Waals surface area contributed by atoms with E-state index in [1.807, 2.05) is 24.3 Å². The Hall–Kier alpha value is -2.94. The number of para-hydroxylation sites is 1. The summed E-state index contributed by atoms with van der Waals surface area (Å²) in [6.45, 7) is 6.42. The number of ether oxygens (including phenoxy) is 1. The van der Waals surface area contributed by atoms with Crippen molar-refractivity contribution in [3.05, 3.63) is 66.5 Å². The number of aromatic nitrogens is 2. The van der Waals surface area contributed by atoms with Gasteiger partial charge in [-0.2, -0.15) is 0 Å². The van der Waals surface area contributed by atoms with E-state index in [-0.39, 0.29) is 5.41 Å². The van der Waals surface area contributed by atoms with Gasteiger partial charge in [-0.05, 0) is 22.9 Å². The highest BCUT2D eigenvalue weighted by Crippen LogP contribution is 2.39. The molecule has 1 aromatic heterocycles. The molecule has 3 nitrogen and oxygen atoms in total. The second-order valence-corrected chi connectivity index (χ2v) is 7.53. The number of methoxy groups -OCH3 is 1. The van der Waals surface area contributed by atoms with E-state index in [1.54, 1.807) is 7.11 Å². The number of rotatable bonds is 2. The van der Waals surface area contributed by atoms with Crippen molar-refractivity contribution in [3.63, 3.8) is 0 Å². The monoisotopic (exact) mass is 342 g/mol. The number of fused-ring (bicyclic) bond motifs is 2. The second kappa shape index (κ2) is 6.10. The molecule has 0 radical (unpaired) electrons. The van der Waals surface area contributed by atoms with Gasteiger partial charge in [0.25, 0.3) is 0 Å². The predicted octanol–water partition coefficient (Wildman–Crippen LogP) is 5.76. The smallest absolute Gasteiger partial charge is 0.135 e. The summed E-state index contributed by atoms with van der Waals surface area (Å²) in [5.41, 5.74) is 2.76. The fourth-order valence-corrected chi connectivity index (χ4v) is 3.27. The van der Waals surface area contributed by atoms with E-state index in [9.17, 15) is 0 Å². The van der Waals surface area contributed by atoms with Crippen LogP contribution in [0, 0.1) is 0 Å². The van der Waals surface area contributed by atoms with Crippen molar-refractivity contribution in [2.75, 3.05) is 7.11 Å². The van der Waals surface area contributed by atoms with E-state index >= 15 is 0 Å². The Morgan fingerprint density at radius 1 is 0.769 bits per heavy atom. The molecule has 4 rings (SSSR count). The third-order valence-electron chi connectivity index (χ3n) is 4.62. The molecule has 0 saturated heterocycles. The molecule has 4 aromatic rings. The van der Waals surface area contributed by atoms with Crippen LogP contribution in [0.4, 0.5) is 0 Å². The fraction of sp³-hybridized carbons (Fsp3) is 0.217. The van der Waals surface area contributed by atoms with E-state index in [2.05, 4.69) is 57.2 Å². The zero-order valence-corrected chi connectivity index (χ0v) is 15.6. The Labute approximate surface area is 153 Å². The van der Waals surface area contributed by atoms with E-state index in [4.69, 9.17) is 14.7 Å². The minimum atomic E-state index is -0.142. The van der Waals surface area contributed by atoms with Gasteiger partial charge in [0, 0.05) is 10.8 Å². The molecule has 0 aliphatic heterocycles. The molecule has 3 aromatic carbocycles. The van der Waals surface area contributed by atoms with Gasteiger partial charge in [0.15, 0.2) is 0 Å². The Balaban J connectivity index is 2.17. The van der Waals surface area contributed by atoms with Crippen LogP contribution < -0.4 is 4.74 Å².